The number of halogens is 1. The number of benzene rings is 1. The van der Waals surface area contributed by atoms with Crippen LogP contribution in [0.3, 0.4) is 0 Å². The highest BCUT2D eigenvalue weighted by Gasteiger charge is 2.23. The summed E-state index contributed by atoms with van der Waals surface area (Å²) >= 11 is 5.83. The fourth-order valence-corrected chi connectivity index (χ4v) is 2.26. The Morgan fingerprint density at radius 2 is 2.38 bits per heavy atom. The van der Waals surface area contributed by atoms with Gasteiger partial charge in [0.1, 0.15) is 0 Å². The van der Waals surface area contributed by atoms with Crippen LogP contribution in [-0.2, 0) is 15.4 Å². The van der Waals surface area contributed by atoms with Crippen LogP contribution in [0.4, 0.5) is 0 Å². The monoisotopic (exact) mass is 240 g/mol. The van der Waals surface area contributed by atoms with Crippen LogP contribution in [0.25, 0.3) is 0 Å². The first-order valence-electron chi connectivity index (χ1n) is 5.62. The Kier molecular flexibility index (Phi) is 4.22. The summed E-state index contributed by atoms with van der Waals surface area (Å²) in [4.78, 5) is 0. The SMILES string of the molecule is COC1CCOC(c2cccc(CCl)c2)C1. The zero-order valence-electron chi connectivity index (χ0n) is 9.49. The van der Waals surface area contributed by atoms with Crippen LogP contribution in [0.1, 0.15) is 30.1 Å². The first-order chi connectivity index (χ1) is 7.83. The minimum absolute atomic E-state index is 0.155. The lowest BCUT2D eigenvalue weighted by Crippen LogP contribution is -2.25. The lowest BCUT2D eigenvalue weighted by atomic mass is 9.98. The fourth-order valence-electron chi connectivity index (χ4n) is 2.09. The molecule has 0 saturated carbocycles. The van der Waals surface area contributed by atoms with E-state index in [4.69, 9.17) is 21.1 Å². The number of hydrogen-bond donors (Lipinski definition) is 0. The van der Waals surface area contributed by atoms with Gasteiger partial charge in [0.05, 0.1) is 12.2 Å². The maximum absolute atomic E-state index is 5.83. The van der Waals surface area contributed by atoms with Crippen LogP contribution < -0.4 is 0 Å². The normalized spacial score (nSPS) is 25.6. The van der Waals surface area contributed by atoms with E-state index in [2.05, 4.69) is 12.1 Å². The molecule has 2 rings (SSSR count). The molecule has 1 aliphatic rings. The third-order valence-electron chi connectivity index (χ3n) is 3.05. The van der Waals surface area contributed by atoms with Gasteiger partial charge in [0, 0.05) is 26.0 Å². The van der Waals surface area contributed by atoms with Crippen LogP contribution >= 0.6 is 11.6 Å². The van der Waals surface area contributed by atoms with E-state index in [1.165, 1.54) is 5.56 Å². The Balaban J connectivity index is 2.10. The van der Waals surface area contributed by atoms with Gasteiger partial charge in [-0.3, -0.25) is 0 Å². The second-order valence-electron chi connectivity index (χ2n) is 4.12. The molecular formula is C13H17ClO2. The van der Waals surface area contributed by atoms with Gasteiger partial charge in [-0.25, -0.2) is 0 Å². The molecule has 0 amide bonds. The van der Waals surface area contributed by atoms with Crippen molar-refractivity contribution < 1.29 is 9.47 Å². The Labute approximate surface area is 102 Å². The molecule has 0 spiro atoms. The molecule has 2 atom stereocenters. The molecule has 2 unspecified atom stereocenters. The van der Waals surface area contributed by atoms with Crippen molar-refractivity contribution >= 4 is 11.6 Å². The lowest BCUT2D eigenvalue weighted by Gasteiger charge is -2.29. The summed E-state index contributed by atoms with van der Waals surface area (Å²) in [6.07, 6.45) is 2.39. The molecule has 0 aliphatic carbocycles. The zero-order chi connectivity index (χ0) is 11.4. The highest BCUT2D eigenvalue weighted by atomic mass is 35.5. The van der Waals surface area contributed by atoms with Crippen molar-refractivity contribution in [2.24, 2.45) is 0 Å². The Bertz CT molecular complexity index is 340. The van der Waals surface area contributed by atoms with Gasteiger partial charge in [0.2, 0.25) is 0 Å². The van der Waals surface area contributed by atoms with E-state index in [0.717, 1.165) is 25.0 Å². The summed E-state index contributed by atoms with van der Waals surface area (Å²) in [6, 6.07) is 8.29. The molecule has 1 heterocycles. The second-order valence-corrected chi connectivity index (χ2v) is 4.39. The summed E-state index contributed by atoms with van der Waals surface area (Å²) in [5, 5.41) is 0. The molecule has 0 bridgehead atoms. The first-order valence-corrected chi connectivity index (χ1v) is 6.16. The molecule has 1 aliphatic heterocycles. The van der Waals surface area contributed by atoms with E-state index in [0.29, 0.717) is 12.0 Å². The van der Waals surface area contributed by atoms with Gasteiger partial charge < -0.3 is 9.47 Å². The maximum Gasteiger partial charge on any atom is 0.0849 e. The number of alkyl halides is 1. The first kappa shape index (κ1) is 11.9. The number of rotatable bonds is 3. The van der Waals surface area contributed by atoms with Crippen LogP contribution in [0, 0.1) is 0 Å². The van der Waals surface area contributed by atoms with Crippen molar-refractivity contribution in [3.05, 3.63) is 35.4 Å². The second kappa shape index (κ2) is 5.67. The largest absolute Gasteiger partial charge is 0.381 e. The van der Waals surface area contributed by atoms with Crippen molar-refractivity contribution in [2.45, 2.75) is 30.9 Å². The quantitative estimate of drug-likeness (QED) is 0.755. The molecule has 0 aromatic heterocycles. The highest BCUT2D eigenvalue weighted by Crippen LogP contribution is 2.29. The average molecular weight is 241 g/mol. The predicted molar refractivity (Wildman–Crippen MR) is 64.7 cm³/mol. The van der Waals surface area contributed by atoms with Gasteiger partial charge >= 0.3 is 0 Å². The molecule has 1 aromatic carbocycles. The molecule has 1 saturated heterocycles. The van der Waals surface area contributed by atoms with Gasteiger partial charge in [-0.05, 0) is 17.5 Å². The molecule has 88 valence electrons. The molecular weight excluding hydrogens is 224 g/mol. The number of ether oxygens (including phenoxy) is 2. The zero-order valence-corrected chi connectivity index (χ0v) is 10.2. The van der Waals surface area contributed by atoms with Crippen LogP contribution in [0.15, 0.2) is 24.3 Å². The Morgan fingerprint density at radius 3 is 3.12 bits per heavy atom. The molecule has 0 radical (unpaired) electrons. The summed E-state index contributed by atoms with van der Waals surface area (Å²) < 4.78 is 11.2. The molecule has 2 nitrogen and oxygen atoms in total. The predicted octanol–water partition coefficient (Wildman–Crippen LogP) is 3.29. The van der Waals surface area contributed by atoms with Crippen LogP contribution in [0.2, 0.25) is 0 Å². The van der Waals surface area contributed by atoms with Gasteiger partial charge in [-0.2, -0.15) is 0 Å². The Hall–Kier alpha value is -0.570. The van der Waals surface area contributed by atoms with Gasteiger partial charge in [0.15, 0.2) is 0 Å². The van der Waals surface area contributed by atoms with Crippen LogP contribution in [-0.4, -0.2) is 19.8 Å². The summed E-state index contributed by atoms with van der Waals surface area (Å²) in [7, 11) is 1.77. The number of methoxy groups -OCH3 is 1. The van der Waals surface area contributed by atoms with Crippen LogP contribution in [0.5, 0.6) is 0 Å². The average Bonchev–Trinajstić information content (AvgIpc) is 2.39. The Morgan fingerprint density at radius 1 is 1.50 bits per heavy atom. The van der Waals surface area contributed by atoms with Gasteiger partial charge in [-0.15, -0.1) is 11.6 Å². The fraction of sp³-hybridized carbons (Fsp3) is 0.538. The van der Waals surface area contributed by atoms with E-state index >= 15 is 0 Å². The molecule has 1 fully saturated rings. The summed E-state index contributed by atoms with van der Waals surface area (Å²) in [5.41, 5.74) is 2.35. The summed E-state index contributed by atoms with van der Waals surface area (Å²) in [6.45, 7) is 0.772. The number of hydrogen-bond acceptors (Lipinski definition) is 2. The topological polar surface area (TPSA) is 18.5 Å². The lowest BCUT2D eigenvalue weighted by molar-refractivity contribution is -0.0599. The van der Waals surface area contributed by atoms with E-state index in [9.17, 15) is 0 Å². The van der Waals surface area contributed by atoms with Gasteiger partial charge in [-0.1, -0.05) is 24.3 Å². The summed E-state index contributed by atoms with van der Waals surface area (Å²) in [5.74, 6) is 0.550. The standard InChI is InChI=1S/C13H17ClO2/c1-15-12-5-6-16-13(8-12)11-4-2-3-10(7-11)9-14/h2-4,7,12-13H,5-6,8-9H2,1H3. The van der Waals surface area contributed by atoms with Crippen molar-refractivity contribution in [3.8, 4) is 0 Å². The third kappa shape index (κ3) is 2.76. The van der Waals surface area contributed by atoms with E-state index in [-0.39, 0.29) is 6.10 Å². The maximum atomic E-state index is 5.83. The van der Waals surface area contributed by atoms with Crippen molar-refractivity contribution in [2.75, 3.05) is 13.7 Å². The smallest absolute Gasteiger partial charge is 0.0849 e. The minimum atomic E-state index is 0.155. The third-order valence-corrected chi connectivity index (χ3v) is 3.35. The van der Waals surface area contributed by atoms with Crippen molar-refractivity contribution in [1.29, 1.82) is 0 Å². The highest BCUT2D eigenvalue weighted by molar-refractivity contribution is 6.17. The van der Waals surface area contributed by atoms with E-state index < -0.39 is 0 Å². The van der Waals surface area contributed by atoms with Crippen molar-refractivity contribution in [1.82, 2.24) is 0 Å². The minimum Gasteiger partial charge on any atom is -0.381 e. The molecule has 1 aromatic rings. The van der Waals surface area contributed by atoms with Crippen molar-refractivity contribution in [3.63, 3.8) is 0 Å². The molecule has 3 heteroatoms. The van der Waals surface area contributed by atoms with E-state index in [1.807, 2.05) is 12.1 Å². The van der Waals surface area contributed by atoms with Gasteiger partial charge in [0.25, 0.3) is 0 Å². The molecule has 0 N–H and O–H groups in total. The van der Waals surface area contributed by atoms with E-state index in [1.54, 1.807) is 7.11 Å². The molecule has 16 heavy (non-hydrogen) atoms.